The molecule has 0 bridgehead atoms. The van der Waals surface area contributed by atoms with Crippen molar-refractivity contribution in [2.45, 2.75) is 19.9 Å². The molecule has 0 aromatic heterocycles. The molecule has 1 fully saturated rings. The van der Waals surface area contributed by atoms with E-state index in [0.29, 0.717) is 24.5 Å². The maximum absolute atomic E-state index is 8.99. The Bertz CT molecular complexity index is 124. The molecule has 1 aliphatic rings. The Morgan fingerprint density at radius 2 is 2.17 bits per heavy atom. The predicted molar refractivity (Wildman–Crippen MR) is 50.1 cm³/mol. The van der Waals surface area contributed by atoms with Gasteiger partial charge < -0.3 is 15.7 Å². The molecule has 0 amide bonds. The van der Waals surface area contributed by atoms with Gasteiger partial charge >= 0.3 is 0 Å². The second-order valence-corrected chi connectivity index (χ2v) is 3.78. The average molecular weight is 172 g/mol. The topological polar surface area (TPSA) is 44.3 Å². The van der Waals surface area contributed by atoms with Crippen LogP contribution in [0.25, 0.3) is 0 Å². The van der Waals surface area contributed by atoms with Crippen molar-refractivity contribution in [3.05, 3.63) is 0 Å². The summed E-state index contributed by atoms with van der Waals surface area (Å²) < 4.78 is 0. The molecule has 72 valence electrons. The van der Waals surface area contributed by atoms with Crippen LogP contribution >= 0.6 is 0 Å². The fourth-order valence-electron chi connectivity index (χ4n) is 1.61. The maximum atomic E-state index is 8.99. The summed E-state index contributed by atoms with van der Waals surface area (Å²) in [5.74, 6) is 0.935. The molecule has 0 aromatic rings. The summed E-state index contributed by atoms with van der Waals surface area (Å²) in [6.07, 6.45) is 0. The number of aliphatic hydroxyl groups excluding tert-OH is 1. The van der Waals surface area contributed by atoms with Crippen molar-refractivity contribution in [1.29, 1.82) is 0 Å². The van der Waals surface area contributed by atoms with Crippen LogP contribution < -0.4 is 10.6 Å². The van der Waals surface area contributed by atoms with Gasteiger partial charge in [0.05, 0.1) is 0 Å². The minimum absolute atomic E-state index is 0.291. The third-order valence-electron chi connectivity index (χ3n) is 2.89. The molecule has 0 radical (unpaired) electrons. The molecule has 0 saturated carbocycles. The van der Waals surface area contributed by atoms with Crippen molar-refractivity contribution in [2.75, 3.05) is 26.2 Å². The molecule has 12 heavy (non-hydrogen) atoms. The van der Waals surface area contributed by atoms with Crippen LogP contribution in [0.1, 0.15) is 13.8 Å². The normalized spacial score (nSPS) is 29.8. The molecule has 3 atom stereocenters. The first kappa shape index (κ1) is 9.96. The van der Waals surface area contributed by atoms with Crippen LogP contribution in [0, 0.1) is 11.8 Å². The van der Waals surface area contributed by atoms with E-state index >= 15 is 0 Å². The lowest BCUT2D eigenvalue weighted by Gasteiger charge is -2.32. The monoisotopic (exact) mass is 172 g/mol. The SMILES string of the molecule is CC(CO)C(C)C1CNCCN1. The first-order chi connectivity index (χ1) is 5.75. The van der Waals surface area contributed by atoms with Crippen LogP contribution in [0.5, 0.6) is 0 Å². The van der Waals surface area contributed by atoms with Crippen molar-refractivity contribution in [3.8, 4) is 0 Å². The van der Waals surface area contributed by atoms with E-state index in [9.17, 15) is 0 Å². The van der Waals surface area contributed by atoms with Gasteiger partial charge in [-0.3, -0.25) is 0 Å². The van der Waals surface area contributed by atoms with E-state index < -0.39 is 0 Å². The van der Waals surface area contributed by atoms with Gasteiger partial charge in [0.25, 0.3) is 0 Å². The molecule has 0 aliphatic carbocycles. The van der Waals surface area contributed by atoms with Crippen molar-refractivity contribution >= 4 is 0 Å². The third-order valence-corrected chi connectivity index (χ3v) is 2.89. The number of hydrogen-bond acceptors (Lipinski definition) is 3. The molecule has 0 aromatic carbocycles. The summed E-state index contributed by atoms with van der Waals surface area (Å²) in [7, 11) is 0. The Balaban J connectivity index is 2.33. The highest BCUT2D eigenvalue weighted by Crippen LogP contribution is 2.15. The minimum atomic E-state index is 0.291. The van der Waals surface area contributed by atoms with Crippen LogP contribution in [0.2, 0.25) is 0 Å². The number of nitrogens with one attached hydrogen (secondary N) is 2. The summed E-state index contributed by atoms with van der Waals surface area (Å²) in [5.41, 5.74) is 0. The minimum Gasteiger partial charge on any atom is -0.396 e. The fourth-order valence-corrected chi connectivity index (χ4v) is 1.61. The predicted octanol–water partition coefficient (Wildman–Crippen LogP) is -0.188. The highest BCUT2D eigenvalue weighted by molar-refractivity contribution is 4.82. The van der Waals surface area contributed by atoms with Gasteiger partial charge in [0.2, 0.25) is 0 Å². The molecule has 0 spiro atoms. The van der Waals surface area contributed by atoms with E-state index in [1.165, 1.54) is 0 Å². The van der Waals surface area contributed by atoms with Gasteiger partial charge in [-0.05, 0) is 11.8 Å². The summed E-state index contributed by atoms with van der Waals surface area (Å²) >= 11 is 0. The summed E-state index contributed by atoms with van der Waals surface area (Å²) in [6, 6.07) is 0.529. The van der Waals surface area contributed by atoms with Gasteiger partial charge in [0.1, 0.15) is 0 Å². The molecular formula is C9H20N2O. The number of hydrogen-bond donors (Lipinski definition) is 3. The smallest absolute Gasteiger partial charge is 0.0459 e. The lowest BCUT2D eigenvalue weighted by molar-refractivity contribution is 0.163. The van der Waals surface area contributed by atoms with E-state index in [1.54, 1.807) is 0 Å². The Kier molecular flexibility index (Phi) is 3.98. The zero-order valence-electron chi connectivity index (χ0n) is 8.01. The lowest BCUT2D eigenvalue weighted by atomic mass is 9.89. The van der Waals surface area contributed by atoms with Gasteiger partial charge in [0, 0.05) is 32.3 Å². The van der Waals surface area contributed by atoms with Gasteiger partial charge in [-0.25, -0.2) is 0 Å². The van der Waals surface area contributed by atoms with Gasteiger partial charge in [0.15, 0.2) is 0 Å². The molecule has 3 nitrogen and oxygen atoms in total. The third kappa shape index (κ3) is 2.44. The quantitative estimate of drug-likeness (QED) is 0.553. The fraction of sp³-hybridized carbons (Fsp3) is 1.00. The van der Waals surface area contributed by atoms with E-state index in [4.69, 9.17) is 5.11 Å². The van der Waals surface area contributed by atoms with Gasteiger partial charge in [-0.2, -0.15) is 0 Å². The molecule has 3 heteroatoms. The lowest BCUT2D eigenvalue weighted by Crippen LogP contribution is -2.52. The van der Waals surface area contributed by atoms with Crippen molar-refractivity contribution in [1.82, 2.24) is 10.6 Å². The van der Waals surface area contributed by atoms with Crippen LogP contribution in [0.4, 0.5) is 0 Å². The molecular weight excluding hydrogens is 152 g/mol. The Morgan fingerprint density at radius 1 is 1.42 bits per heavy atom. The first-order valence-electron chi connectivity index (χ1n) is 4.80. The van der Waals surface area contributed by atoms with E-state index in [2.05, 4.69) is 24.5 Å². The molecule has 3 N–H and O–H groups in total. The van der Waals surface area contributed by atoms with Crippen LogP contribution in [-0.4, -0.2) is 37.4 Å². The molecule has 1 saturated heterocycles. The summed E-state index contributed by atoms with van der Waals surface area (Å²) in [6.45, 7) is 7.74. The van der Waals surface area contributed by atoms with Crippen molar-refractivity contribution in [3.63, 3.8) is 0 Å². The molecule has 1 aliphatic heterocycles. The summed E-state index contributed by atoms with van der Waals surface area (Å²) in [4.78, 5) is 0. The van der Waals surface area contributed by atoms with Crippen LogP contribution in [0.15, 0.2) is 0 Å². The van der Waals surface area contributed by atoms with Crippen molar-refractivity contribution < 1.29 is 5.11 Å². The van der Waals surface area contributed by atoms with Crippen LogP contribution in [-0.2, 0) is 0 Å². The van der Waals surface area contributed by atoms with Gasteiger partial charge in [-0.15, -0.1) is 0 Å². The zero-order chi connectivity index (χ0) is 8.97. The van der Waals surface area contributed by atoms with E-state index in [0.717, 1.165) is 19.6 Å². The maximum Gasteiger partial charge on any atom is 0.0459 e. The highest BCUT2D eigenvalue weighted by Gasteiger charge is 2.23. The molecule has 1 rings (SSSR count). The number of aliphatic hydroxyl groups is 1. The Labute approximate surface area is 74.5 Å². The molecule has 1 heterocycles. The van der Waals surface area contributed by atoms with Crippen molar-refractivity contribution in [2.24, 2.45) is 11.8 Å². The molecule has 3 unspecified atom stereocenters. The Hall–Kier alpha value is -0.120. The first-order valence-corrected chi connectivity index (χ1v) is 4.80. The highest BCUT2D eigenvalue weighted by atomic mass is 16.3. The number of rotatable bonds is 3. The Morgan fingerprint density at radius 3 is 2.67 bits per heavy atom. The van der Waals surface area contributed by atoms with Gasteiger partial charge in [-0.1, -0.05) is 13.8 Å². The van der Waals surface area contributed by atoms with Crippen LogP contribution in [0.3, 0.4) is 0 Å². The zero-order valence-corrected chi connectivity index (χ0v) is 8.01. The number of piperazine rings is 1. The average Bonchev–Trinajstić information content (AvgIpc) is 2.17. The standard InChI is InChI=1S/C9H20N2O/c1-7(6-12)8(2)9-5-10-3-4-11-9/h7-12H,3-6H2,1-2H3. The second kappa shape index (κ2) is 4.80. The largest absolute Gasteiger partial charge is 0.396 e. The van der Waals surface area contributed by atoms with E-state index in [-0.39, 0.29) is 0 Å². The summed E-state index contributed by atoms with van der Waals surface area (Å²) in [5, 5.41) is 15.8. The van der Waals surface area contributed by atoms with E-state index in [1.807, 2.05) is 0 Å². The second-order valence-electron chi connectivity index (χ2n) is 3.78.